The summed E-state index contributed by atoms with van der Waals surface area (Å²) in [7, 11) is 1.97. The first-order valence-corrected chi connectivity index (χ1v) is 3.60. The van der Waals surface area contributed by atoms with Gasteiger partial charge in [0.05, 0.1) is 0 Å². The Kier molecular flexibility index (Phi) is 1.39. The van der Waals surface area contributed by atoms with Crippen LogP contribution in [0.4, 0.5) is 0 Å². The molecule has 1 N–H and O–H groups in total. The lowest BCUT2D eigenvalue weighted by Crippen LogP contribution is -2.36. The molecule has 0 bridgehead atoms. The second-order valence-electron chi connectivity index (χ2n) is 3.35. The summed E-state index contributed by atoms with van der Waals surface area (Å²) in [6.07, 6.45) is 0. The monoisotopic (exact) mass is 137 g/mol. The van der Waals surface area contributed by atoms with E-state index < -0.39 is 0 Å². The van der Waals surface area contributed by atoms with Gasteiger partial charge in [-0.15, -0.1) is 0 Å². The second kappa shape index (κ2) is 1.88. The maximum atomic E-state index is 3.99. The van der Waals surface area contributed by atoms with E-state index in [1.54, 1.807) is 0 Å². The molecule has 0 aromatic rings. The van der Waals surface area contributed by atoms with Crippen LogP contribution in [-0.2, 0) is 0 Å². The van der Waals surface area contributed by atoms with Crippen LogP contribution in [0.15, 0.2) is 23.4 Å². The van der Waals surface area contributed by atoms with Crippen molar-refractivity contribution < 1.29 is 0 Å². The predicted molar refractivity (Wildman–Crippen MR) is 44.7 cm³/mol. The normalized spacial score (nSPS) is 22.6. The minimum atomic E-state index is 0.193. The fourth-order valence-electron chi connectivity index (χ4n) is 1.68. The molecule has 1 aliphatic carbocycles. The van der Waals surface area contributed by atoms with Crippen molar-refractivity contribution in [1.29, 1.82) is 0 Å². The zero-order chi connectivity index (χ0) is 7.94. The molecule has 0 atom stereocenters. The third-order valence-corrected chi connectivity index (χ3v) is 2.46. The minimum Gasteiger partial charge on any atom is -0.390 e. The summed E-state index contributed by atoms with van der Waals surface area (Å²) in [4.78, 5) is 0. The molecule has 0 radical (unpaired) electrons. The second-order valence-corrected chi connectivity index (χ2v) is 3.35. The third kappa shape index (κ3) is 0.634. The number of hydrogen-bond acceptors (Lipinski definition) is 1. The minimum absolute atomic E-state index is 0.193. The van der Waals surface area contributed by atoms with Gasteiger partial charge >= 0.3 is 0 Å². The molecule has 1 heteroatoms. The van der Waals surface area contributed by atoms with Crippen molar-refractivity contribution in [3.63, 3.8) is 0 Å². The van der Waals surface area contributed by atoms with Crippen LogP contribution in [0, 0.1) is 5.41 Å². The van der Waals surface area contributed by atoms with E-state index >= 15 is 0 Å². The Hall–Kier alpha value is -0.720. The summed E-state index contributed by atoms with van der Waals surface area (Å²) in [5.41, 5.74) is 4.11. The Morgan fingerprint density at radius 1 is 1.40 bits per heavy atom. The van der Waals surface area contributed by atoms with Crippen molar-refractivity contribution in [2.24, 2.45) is 5.41 Å². The number of rotatable bonds is 1. The molecule has 0 aliphatic heterocycles. The van der Waals surface area contributed by atoms with Crippen molar-refractivity contribution in [3.05, 3.63) is 23.4 Å². The molecule has 1 nitrogen and oxygen atoms in total. The Labute approximate surface area is 62.8 Å². The number of hydrogen-bond donors (Lipinski definition) is 1. The highest BCUT2D eigenvalue weighted by atomic mass is 14.9. The SMILES string of the molecule is C=C1C(C)=C(NC)C1(C)C. The largest absolute Gasteiger partial charge is 0.390 e. The van der Waals surface area contributed by atoms with E-state index in [9.17, 15) is 0 Å². The lowest BCUT2D eigenvalue weighted by atomic mass is 9.67. The van der Waals surface area contributed by atoms with Gasteiger partial charge < -0.3 is 5.32 Å². The lowest BCUT2D eigenvalue weighted by Gasteiger charge is -2.41. The Bertz CT molecular complexity index is 209. The highest BCUT2D eigenvalue weighted by molar-refractivity contribution is 5.52. The fraction of sp³-hybridized carbons (Fsp3) is 0.556. The fourth-order valence-corrected chi connectivity index (χ4v) is 1.68. The van der Waals surface area contributed by atoms with Crippen LogP contribution in [0.5, 0.6) is 0 Å². The Morgan fingerprint density at radius 2 is 1.90 bits per heavy atom. The van der Waals surface area contributed by atoms with Crippen molar-refractivity contribution in [1.82, 2.24) is 5.32 Å². The van der Waals surface area contributed by atoms with E-state index in [4.69, 9.17) is 0 Å². The van der Waals surface area contributed by atoms with Crippen molar-refractivity contribution in [2.75, 3.05) is 7.05 Å². The topological polar surface area (TPSA) is 12.0 Å². The van der Waals surface area contributed by atoms with Crippen LogP contribution in [-0.4, -0.2) is 7.05 Å². The number of allylic oxidation sites excluding steroid dienone is 2. The van der Waals surface area contributed by atoms with Gasteiger partial charge in [-0.25, -0.2) is 0 Å². The van der Waals surface area contributed by atoms with Gasteiger partial charge in [-0.1, -0.05) is 20.4 Å². The zero-order valence-corrected chi connectivity index (χ0v) is 7.21. The van der Waals surface area contributed by atoms with E-state index in [1.807, 2.05) is 7.05 Å². The van der Waals surface area contributed by atoms with Gasteiger partial charge in [0, 0.05) is 18.2 Å². The molecule has 1 rings (SSSR count). The van der Waals surface area contributed by atoms with E-state index in [0.29, 0.717) is 0 Å². The standard InChI is InChI=1S/C9H15N/c1-6-7(2)9(3,4)8(6)10-5/h10H,2H2,1,3-5H3. The molecule has 0 aromatic heterocycles. The van der Waals surface area contributed by atoms with Gasteiger partial charge in [0.15, 0.2) is 0 Å². The molecule has 0 amide bonds. The Morgan fingerprint density at radius 3 is 2.10 bits per heavy atom. The quantitative estimate of drug-likeness (QED) is 0.583. The molecule has 0 saturated heterocycles. The molecule has 1 aliphatic rings. The van der Waals surface area contributed by atoms with E-state index in [-0.39, 0.29) is 5.41 Å². The lowest BCUT2D eigenvalue weighted by molar-refractivity contribution is 0.457. The molecule has 0 aromatic carbocycles. The summed E-state index contributed by atoms with van der Waals surface area (Å²) in [5.74, 6) is 0. The molecule has 0 fully saturated rings. The summed E-state index contributed by atoms with van der Waals surface area (Å²) in [6.45, 7) is 10.5. The van der Waals surface area contributed by atoms with Crippen LogP contribution in [0.2, 0.25) is 0 Å². The van der Waals surface area contributed by atoms with Gasteiger partial charge in [0.2, 0.25) is 0 Å². The van der Waals surface area contributed by atoms with E-state index in [0.717, 1.165) is 0 Å². The Balaban J connectivity index is 3.01. The average molecular weight is 137 g/mol. The number of nitrogens with one attached hydrogen (secondary N) is 1. The van der Waals surface area contributed by atoms with Crippen LogP contribution >= 0.6 is 0 Å². The van der Waals surface area contributed by atoms with Gasteiger partial charge in [-0.05, 0) is 18.1 Å². The molecule has 10 heavy (non-hydrogen) atoms. The summed E-state index contributed by atoms with van der Waals surface area (Å²) < 4.78 is 0. The van der Waals surface area contributed by atoms with Crippen LogP contribution in [0.3, 0.4) is 0 Å². The van der Waals surface area contributed by atoms with Gasteiger partial charge in [-0.2, -0.15) is 0 Å². The summed E-state index contributed by atoms with van der Waals surface area (Å²) >= 11 is 0. The van der Waals surface area contributed by atoms with Gasteiger partial charge in [0.1, 0.15) is 0 Å². The van der Waals surface area contributed by atoms with Gasteiger partial charge in [-0.3, -0.25) is 0 Å². The summed E-state index contributed by atoms with van der Waals surface area (Å²) in [6, 6.07) is 0. The molecular formula is C9H15N. The maximum absolute atomic E-state index is 3.99. The van der Waals surface area contributed by atoms with Crippen LogP contribution in [0.25, 0.3) is 0 Å². The molecule has 0 saturated carbocycles. The molecule has 0 unspecified atom stereocenters. The van der Waals surface area contributed by atoms with E-state index in [2.05, 4.69) is 32.7 Å². The maximum Gasteiger partial charge on any atom is 0.0293 e. The first-order valence-electron chi connectivity index (χ1n) is 3.60. The molecule has 0 spiro atoms. The van der Waals surface area contributed by atoms with Crippen molar-refractivity contribution >= 4 is 0 Å². The first-order chi connectivity index (χ1) is 4.51. The van der Waals surface area contributed by atoms with E-state index in [1.165, 1.54) is 16.8 Å². The highest BCUT2D eigenvalue weighted by Gasteiger charge is 2.37. The van der Waals surface area contributed by atoms with Crippen molar-refractivity contribution in [2.45, 2.75) is 20.8 Å². The highest BCUT2D eigenvalue weighted by Crippen LogP contribution is 2.47. The average Bonchev–Trinajstić information content (AvgIpc) is 1.88. The smallest absolute Gasteiger partial charge is 0.0293 e. The zero-order valence-electron chi connectivity index (χ0n) is 7.21. The van der Waals surface area contributed by atoms with Crippen LogP contribution in [0.1, 0.15) is 20.8 Å². The first kappa shape index (κ1) is 7.39. The van der Waals surface area contributed by atoms with Crippen molar-refractivity contribution in [3.8, 4) is 0 Å². The molecule has 56 valence electrons. The predicted octanol–water partition coefficient (Wildman–Crippen LogP) is 2.08. The van der Waals surface area contributed by atoms with Crippen LogP contribution < -0.4 is 5.32 Å². The molecular weight excluding hydrogens is 122 g/mol. The molecule has 0 heterocycles. The summed E-state index contributed by atoms with van der Waals surface area (Å²) in [5, 5.41) is 3.19. The van der Waals surface area contributed by atoms with Gasteiger partial charge in [0.25, 0.3) is 0 Å². The third-order valence-electron chi connectivity index (χ3n) is 2.46.